The van der Waals surface area contributed by atoms with Gasteiger partial charge in [0.15, 0.2) is 0 Å². The second-order valence-electron chi connectivity index (χ2n) is 5.73. The van der Waals surface area contributed by atoms with Crippen LogP contribution in [-0.2, 0) is 19.3 Å². The van der Waals surface area contributed by atoms with E-state index in [9.17, 15) is 0 Å². The lowest BCUT2D eigenvalue weighted by molar-refractivity contribution is 0.199. The zero-order valence-corrected chi connectivity index (χ0v) is 12.8. The van der Waals surface area contributed by atoms with Crippen molar-refractivity contribution in [2.24, 2.45) is 5.73 Å². The average molecular weight is 281 g/mol. The maximum atomic E-state index is 6.55. The van der Waals surface area contributed by atoms with Crippen LogP contribution in [0.15, 0.2) is 42.5 Å². The number of rotatable bonds is 4. The number of benzene rings is 2. The highest BCUT2D eigenvalue weighted by Gasteiger charge is 2.29. The number of para-hydroxylation sites is 1. The van der Waals surface area contributed by atoms with Crippen LogP contribution in [-0.4, -0.2) is 6.10 Å². The molecule has 2 atom stereocenters. The van der Waals surface area contributed by atoms with Gasteiger partial charge in [-0.05, 0) is 41.2 Å². The van der Waals surface area contributed by atoms with Crippen LogP contribution in [0.4, 0.5) is 0 Å². The first-order valence-electron chi connectivity index (χ1n) is 7.84. The summed E-state index contributed by atoms with van der Waals surface area (Å²) in [6.07, 6.45) is 2.98. The van der Waals surface area contributed by atoms with Crippen molar-refractivity contribution in [3.05, 3.63) is 64.7 Å². The quantitative estimate of drug-likeness (QED) is 0.924. The lowest BCUT2D eigenvalue weighted by atomic mass is 9.91. The lowest BCUT2D eigenvalue weighted by Gasteiger charge is -2.22. The molecule has 0 saturated carbocycles. The van der Waals surface area contributed by atoms with E-state index in [4.69, 9.17) is 10.5 Å². The summed E-state index contributed by atoms with van der Waals surface area (Å²) in [6, 6.07) is 14.9. The maximum absolute atomic E-state index is 6.55. The van der Waals surface area contributed by atoms with Crippen molar-refractivity contribution in [2.75, 3.05) is 0 Å². The Hall–Kier alpha value is -1.80. The molecule has 0 aromatic heterocycles. The zero-order valence-electron chi connectivity index (χ0n) is 12.8. The summed E-state index contributed by atoms with van der Waals surface area (Å²) in [5.41, 5.74) is 11.7. The van der Waals surface area contributed by atoms with E-state index >= 15 is 0 Å². The van der Waals surface area contributed by atoms with Gasteiger partial charge in [-0.2, -0.15) is 0 Å². The Morgan fingerprint density at radius 1 is 1.14 bits per heavy atom. The van der Waals surface area contributed by atoms with Crippen molar-refractivity contribution < 1.29 is 4.74 Å². The van der Waals surface area contributed by atoms with Crippen molar-refractivity contribution in [2.45, 2.75) is 45.3 Å². The molecule has 2 aromatic carbocycles. The number of fused-ring (bicyclic) bond motifs is 1. The van der Waals surface area contributed by atoms with E-state index in [1.807, 2.05) is 12.1 Å². The average Bonchev–Trinajstić information content (AvgIpc) is 2.97. The zero-order chi connectivity index (χ0) is 14.8. The summed E-state index contributed by atoms with van der Waals surface area (Å²) >= 11 is 0. The van der Waals surface area contributed by atoms with E-state index in [1.165, 1.54) is 22.3 Å². The molecule has 1 aliphatic heterocycles. The Balaban J connectivity index is 1.88. The summed E-state index contributed by atoms with van der Waals surface area (Å²) in [7, 11) is 0. The van der Waals surface area contributed by atoms with E-state index in [0.29, 0.717) is 0 Å². The maximum Gasteiger partial charge on any atom is 0.123 e. The van der Waals surface area contributed by atoms with E-state index < -0.39 is 0 Å². The molecule has 1 aliphatic rings. The van der Waals surface area contributed by atoms with Gasteiger partial charge in [-0.15, -0.1) is 0 Å². The summed E-state index contributed by atoms with van der Waals surface area (Å²) < 4.78 is 6.07. The highest BCUT2D eigenvalue weighted by atomic mass is 16.5. The molecule has 21 heavy (non-hydrogen) atoms. The van der Waals surface area contributed by atoms with Gasteiger partial charge in [0.25, 0.3) is 0 Å². The number of hydrogen-bond donors (Lipinski definition) is 1. The first kappa shape index (κ1) is 14.2. The van der Waals surface area contributed by atoms with Crippen LogP contribution in [0.25, 0.3) is 0 Å². The molecule has 3 rings (SSSR count). The Morgan fingerprint density at radius 2 is 1.95 bits per heavy atom. The molecule has 0 fully saturated rings. The Kier molecular flexibility index (Phi) is 3.98. The van der Waals surface area contributed by atoms with Crippen LogP contribution >= 0.6 is 0 Å². The van der Waals surface area contributed by atoms with Crippen molar-refractivity contribution in [1.82, 2.24) is 0 Å². The highest BCUT2D eigenvalue weighted by Crippen LogP contribution is 2.34. The van der Waals surface area contributed by atoms with Crippen molar-refractivity contribution in [1.29, 1.82) is 0 Å². The van der Waals surface area contributed by atoms with Crippen LogP contribution in [0.2, 0.25) is 0 Å². The largest absolute Gasteiger partial charge is 0.488 e. The minimum Gasteiger partial charge on any atom is -0.488 e. The van der Waals surface area contributed by atoms with Gasteiger partial charge in [0, 0.05) is 6.42 Å². The normalized spacial score (nSPS) is 18.1. The van der Waals surface area contributed by atoms with Crippen LogP contribution < -0.4 is 10.5 Å². The molecule has 0 bridgehead atoms. The fourth-order valence-electron chi connectivity index (χ4n) is 3.11. The fraction of sp³-hybridized carbons (Fsp3) is 0.368. The van der Waals surface area contributed by atoms with Gasteiger partial charge < -0.3 is 10.5 Å². The molecule has 110 valence electrons. The highest BCUT2D eigenvalue weighted by molar-refractivity contribution is 5.40. The predicted octanol–water partition coefficient (Wildman–Crippen LogP) is 3.81. The number of ether oxygens (including phenoxy) is 1. The molecule has 1 heterocycles. The molecule has 2 nitrogen and oxygen atoms in total. The molecule has 0 saturated heterocycles. The van der Waals surface area contributed by atoms with Crippen LogP contribution in [0.3, 0.4) is 0 Å². The Labute approximate surface area is 126 Å². The van der Waals surface area contributed by atoms with E-state index in [-0.39, 0.29) is 12.1 Å². The van der Waals surface area contributed by atoms with Gasteiger partial charge in [-0.3, -0.25) is 0 Å². The molecular weight excluding hydrogens is 258 g/mol. The van der Waals surface area contributed by atoms with Gasteiger partial charge in [0.1, 0.15) is 11.9 Å². The van der Waals surface area contributed by atoms with Crippen LogP contribution in [0, 0.1) is 0 Å². The van der Waals surface area contributed by atoms with Crippen molar-refractivity contribution in [3.63, 3.8) is 0 Å². The Morgan fingerprint density at radius 3 is 2.67 bits per heavy atom. The first-order chi connectivity index (χ1) is 10.2. The summed E-state index contributed by atoms with van der Waals surface area (Å²) in [6.45, 7) is 4.36. The summed E-state index contributed by atoms with van der Waals surface area (Å²) in [5, 5.41) is 0. The number of hydrogen-bond acceptors (Lipinski definition) is 2. The third kappa shape index (κ3) is 2.68. The van der Waals surface area contributed by atoms with E-state index in [0.717, 1.165) is 25.0 Å². The molecular formula is C19H23NO. The van der Waals surface area contributed by atoms with Crippen molar-refractivity contribution in [3.8, 4) is 5.75 Å². The van der Waals surface area contributed by atoms with Crippen molar-refractivity contribution >= 4 is 0 Å². The van der Waals surface area contributed by atoms with Crippen LogP contribution in [0.5, 0.6) is 5.75 Å². The van der Waals surface area contributed by atoms with Gasteiger partial charge in [0.2, 0.25) is 0 Å². The van der Waals surface area contributed by atoms with Gasteiger partial charge in [-0.1, -0.05) is 50.2 Å². The van der Waals surface area contributed by atoms with E-state index in [2.05, 4.69) is 44.2 Å². The molecule has 2 heteroatoms. The number of nitrogens with two attached hydrogens (primary N) is 1. The Bertz CT molecular complexity index is 610. The minimum absolute atomic E-state index is 0.0415. The molecule has 2 unspecified atom stereocenters. The third-order valence-electron chi connectivity index (χ3n) is 4.43. The third-order valence-corrected chi connectivity index (χ3v) is 4.43. The fourth-order valence-corrected chi connectivity index (χ4v) is 3.11. The second kappa shape index (κ2) is 5.90. The monoisotopic (exact) mass is 281 g/mol. The first-order valence-corrected chi connectivity index (χ1v) is 7.84. The molecule has 2 N–H and O–H groups in total. The SMILES string of the molecule is CCc1ccc(CC)c(C(N)C2Cc3ccccc3O2)c1. The standard InChI is InChI=1S/C19H23NO/c1-3-13-9-10-14(4-2)16(11-13)19(20)18-12-15-7-5-6-8-17(15)21-18/h5-11,18-19H,3-4,12,20H2,1-2H3. The summed E-state index contributed by atoms with van der Waals surface area (Å²) in [4.78, 5) is 0. The van der Waals surface area contributed by atoms with Crippen LogP contribution in [0.1, 0.15) is 42.1 Å². The molecule has 0 amide bonds. The molecule has 2 aromatic rings. The minimum atomic E-state index is -0.0705. The second-order valence-corrected chi connectivity index (χ2v) is 5.73. The lowest BCUT2D eigenvalue weighted by Crippen LogP contribution is -2.31. The van der Waals surface area contributed by atoms with Gasteiger partial charge >= 0.3 is 0 Å². The predicted molar refractivity (Wildman–Crippen MR) is 86.7 cm³/mol. The number of aryl methyl sites for hydroxylation is 2. The van der Waals surface area contributed by atoms with Gasteiger partial charge in [0.05, 0.1) is 6.04 Å². The topological polar surface area (TPSA) is 35.2 Å². The molecule has 0 radical (unpaired) electrons. The molecule has 0 spiro atoms. The molecule has 0 aliphatic carbocycles. The summed E-state index contributed by atoms with van der Waals surface area (Å²) in [5.74, 6) is 0.989. The smallest absolute Gasteiger partial charge is 0.123 e. The van der Waals surface area contributed by atoms with E-state index in [1.54, 1.807) is 0 Å². The van der Waals surface area contributed by atoms with Gasteiger partial charge in [-0.25, -0.2) is 0 Å².